The van der Waals surface area contributed by atoms with Crippen LogP contribution in [0.3, 0.4) is 0 Å². The van der Waals surface area contributed by atoms with Gasteiger partial charge in [0.2, 0.25) is 0 Å². The molecule has 6 heteroatoms. The molecule has 2 N–H and O–H groups in total. The molecule has 0 aliphatic rings. The first-order valence-electron chi connectivity index (χ1n) is 10.3. The molecule has 156 valence electrons. The van der Waals surface area contributed by atoms with Gasteiger partial charge in [-0.1, -0.05) is 51.5 Å². The number of unbranched alkanes of at least 4 members (excludes halogenated alkanes) is 6. The van der Waals surface area contributed by atoms with Gasteiger partial charge in [0.05, 0.1) is 19.4 Å². The highest BCUT2D eigenvalue weighted by atomic mass is 32.1. The van der Waals surface area contributed by atoms with E-state index in [9.17, 15) is 0 Å². The number of nitrogens with zero attached hydrogens (tertiary/aromatic N) is 1. The number of thiocarbonyl (C=S) groups is 1. The number of nitrogens with one attached hydrogen (secondary N) is 2. The van der Waals surface area contributed by atoms with E-state index in [-0.39, 0.29) is 0 Å². The van der Waals surface area contributed by atoms with Gasteiger partial charge in [0.15, 0.2) is 16.6 Å². The summed E-state index contributed by atoms with van der Waals surface area (Å²) in [7, 11) is 0. The molecule has 5 nitrogen and oxygen atoms in total. The van der Waals surface area contributed by atoms with Crippen molar-refractivity contribution >= 4 is 23.5 Å². The molecular formula is C22H35N3O2S. The van der Waals surface area contributed by atoms with E-state index in [1.165, 1.54) is 38.5 Å². The first-order valence-corrected chi connectivity index (χ1v) is 10.7. The standard InChI is InChI=1S/C22H35N3O2S/c1-4-7-8-9-10-11-12-16-27-20-14-13-19(17-21(20)26-6-3)18-24-25-22(28)23-15-5-2/h5,13-14,17-18H,2,4,6-12,15-16H2,1,3H3,(H2,23,25,28)/b24-18+. The maximum absolute atomic E-state index is 5.93. The van der Waals surface area contributed by atoms with Crippen LogP contribution < -0.4 is 20.2 Å². The van der Waals surface area contributed by atoms with Crippen molar-refractivity contribution in [3.05, 3.63) is 36.4 Å². The summed E-state index contributed by atoms with van der Waals surface area (Å²) in [5.41, 5.74) is 3.68. The smallest absolute Gasteiger partial charge is 0.187 e. The van der Waals surface area contributed by atoms with Crippen molar-refractivity contribution < 1.29 is 9.47 Å². The molecule has 0 fully saturated rings. The van der Waals surface area contributed by atoms with Gasteiger partial charge in [-0.15, -0.1) is 6.58 Å². The van der Waals surface area contributed by atoms with Crippen LogP contribution in [0, 0.1) is 0 Å². The molecule has 28 heavy (non-hydrogen) atoms. The van der Waals surface area contributed by atoms with Crippen LogP contribution in [0.5, 0.6) is 11.5 Å². The van der Waals surface area contributed by atoms with Crippen molar-refractivity contribution in [1.82, 2.24) is 10.7 Å². The zero-order valence-corrected chi connectivity index (χ0v) is 18.2. The monoisotopic (exact) mass is 405 g/mol. The summed E-state index contributed by atoms with van der Waals surface area (Å²) in [5, 5.41) is 7.54. The topological polar surface area (TPSA) is 54.9 Å². The van der Waals surface area contributed by atoms with Gasteiger partial charge in [-0.05, 0) is 49.3 Å². The number of hydrogen-bond acceptors (Lipinski definition) is 4. The Morgan fingerprint density at radius 2 is 1.82 bits per heavy atom. The maximum Gasteiger partial charge on any atom is 0.187 e. The summed E-state index contributed by atoms with van der Waals surface area (Å²) in [5.74, 6) is 1.52. The quantitative estimate of drug-likeness (QED) is 0.138. The minimum Gasteiger partial charge on any atom is -0.490 e. The predicted octanol–water partition coefficient (Wildman–Crippen LogP) is 5.20. The fraction of sp³-hybridized carbons (Fsp3) is 0.545. The first kappa shape index (κ1) is 24.0. The van der Waals surface area contributed by atoms with Gasteiger partial charge in [-0.3, -0.25) is 5.43 Å². The van der Waals surface area contributed by atoms with Crippen molar-refractivity contribution in [2.24, 2.45) is 5.10 Å². The van der Waals surface area contributed by atoms with Crippen LogP contribution in [0.1, 0.15) is 64.4 Å². The molecule has 0 aliphatic carbocycles. The van der Waals surface area contributed by atoms with E-state index in [2.05, 4.69) is 29.3 Å². The summed E-state index contributed by atoms with van der Waals surface area (Å²) >= 11 is 5.09. The zero-order valence-electron chi connectivity index (χ0n) is 17.3. The molecule has 0 heterocycles. The highest BCUT2D eigenvalue weighted by Crippen LogP contribution is 2.28. The lowest BCUT2D eigenvalue weighted by Gasteiger charge is -2.12. The highest BCUT2D eigenvalue weighted by Gasteiger charge is 2.06. The van der Waals surface area contributed by atoms with Crippen molar-refractivity contribution in [3.8, 4) is 11.5 Å². The second-order valence-corrected chi connectivity index (χ2v) is 6.89. The summed E-state index contributed by atoms with van der Waals surface area (Å²) in [6.45, 7) is 9.73. The van der Waals surface area contributed by atoms with Crippen LogP contribution in [0.2, 0.25) is 0 Å². The van der Waals surface area contributed by atoms with Crippen molar-refractivity contribution in [1.29, 1.82) is 0 Å². The number of ether oxygens (including phenoxy) is 2. The number of benzene rings is 1. The van der Waals surface area contributed by atoms with Gasteiger partial charge in [-0.25, -0.2) is 0 Å². The summed E-state index contributed by atoms with van der Waals surface area (Å²) in [4.78, 5) is 0. The van der Waals surface area contributed by atoms with Crippen LogP contribution in [0.25, 0.3) is 0 Å². The number of rotatable bonds is 15. The Balaban J connectivity index is 2.45. The number of hydrazone groups is 1. The van der Waals surface area contributed by atoms with Crippen molar-refractivity contribution in [2.45, 2.75) is 58.8 Å². The molecule has 0 aromatic heterocycles. The molecule has 1 aromatic rings. The van der Waals surface area contributed by atoms with Crippen molar-refractivity contribution in [2.75, 3.05) is 19.8 Å². The summed E-state index contributed by atoms with van der Waals surface area (Å²) in [6.07, 6.45) is 12.3. The molecule has 0 spiro atoms. The zero-order chi connectivity index (χ0) is 20.5. The Labute approximate surface area is 175 Å². The third-order valence-electron chi connectivity index (χ3n) is 4.06. The normalized spacial score (nSPS) is 10.6. The largest absolute Gasteiger partial charge is 0.490 e. The van der Waals surface area contributed by atoms with Gasteiger partial charge < -0.3 is 14.8 Å². The molecule has 0 saturated carbocycles. The van der Waals surface area contributed by atoms with Gasteiger partial charge in [-0.2, -0.15) is 5.10 Å². The Morgan fingerprint density at radius 1 is 1.07 bits per heavy atom. The molecule has 0 unspecified atom stereocenters. The maximum atomic E-state index is 5.93. The Morgan fingerprint density at radius 3 is 2.54 bits per heavy atom. The van der Waals surface area contributed by atoms with Crippen LogP contribution in [-0.2, 0) is 0 Å². The molecule has 1 rings (SSSR count). The van der Waals surface area contributed by atoms with Gasteiger partial charge in [0.1, 0.15) is 0 Å². The Bertz CT molecular complexity index is 605. The van der Waals surface area contributed by atoms with Gasteiger partial charge >= 0.3 is 0 Å². The SMILES string of the molecule is C=CCNC(=S)N/N=C/c1ccc(OCCCCCCCCC)c(OCC)c1. The second kappa shape index (κ2) is 15.9. The van der Waals surface area contributed by atoms with Gasteiger partial charge in [0.25, 0.3) is 0 Å². The minimum absolute atomic E-state index is 0.454. The van der Waals surface area contributed by atoms with E-state index in [0.717, 1.165) is 23.5 Å². The van der Waals surface area contributed by atoms with Crippen molar-refractivity contribution in [3.63, 3.8) is 0 Å². The fourth-order valence-corrected chi connectivity index (χ4v) is 2.74. The van der Waals surface area contributed by atoms with E-state index in [1.54, 1.807) is 12.3 Å². The third kappa shape index (κ3) is 10.9. The number of hydrogen-bond donors (Lipinski definition) is 2. The lowest BCUT2D eigenvalue weighted by Crippen LogP contribution is -2.31. The first-order chi connectivity index (χ1) is 13.7. The van der Waals surface area contributed by atoms with Crippen LogP contribution in [0.4, 0.5) is 0 Å². The predicted molar refractivity (Wildman–Crippen MR) is 123 cm³/mol. The van der Waals surface area contributed by atoms with Crippen LogP contribution in [-0.4, -0.2) is 31.1 Å². The van der Waals surface area contributed by atoms with E-state index in [0.29, 0.717) is 24.9 Å². The van der Waals surface area contributed by atoms with E-state index >= 15 is 0 Å². The Hall–Kier alpha value is -2.08. The average molecular weight is 406 g/mol. The summed E-state index contributed by atoms with van der Waals surface area (Å²) < 4.78 is 11.7. The van der Waals surface area contributed by atoms with Crippen LogP contribution >= 0.6 is 12.2 Å². The molecule has 0 bridgehead atoms. The highest BCUT2D eigenvalue weighted by molar-refractivity contribution is 7.80. The Kier molecular flexibility index (Phi) is 13.6. The second-order valence-electron chi connectivity index (χ2n) is 6.48. The lowest BCUT2D eigenvalue weighted by molar-refractivity contribution is 0.270. The van der Waals surface area contributed by atoms with Gasteiger partial charge in [0, 0.05) is 6.54 Å². The molecule has 0 radical (unpaired) electrons. The lowest BCUT2D eigenvalue weighted by atomic mass is 10.1. The fourth-order valence-electron chi connectivity index (χ4n) is 2.60. The third-order valence-corrected chi connectivity index (χ3v) is 4.30. The molecule has 1 aromatic carbocycles. The van der Waals surface area contributed by atoms with E-state index in [4.69, 9.17) is 21.7 Å². The molecule has 0 aliphatic heterocycles. The minimum atomic E-state index is 0.454. The summed E-state index contributed by atoms with van der Waals surface area (Å²) in [6, 6.07) is 5.81. The van der Waals surface area contributed by atoms with E-state index in [1.807, 2.05) is 25.1 Å². The molecule has 0 amide bonds. The molecule has 0 atom stereocenters. The molecular weight excluding hydrogens is 370 g/mol. The van der Waals surface area contributed by atoms with Crippen LogP contribution in [0.15, 0.2) is 36.0 Å². The van der Waals surface area contributed by atoms with E-state index < -0.39 is 0 Å². The molecule has 0 saturated heterocycles. The average Bonchev–Trinajstić information content (AvgIpc) is 2.70.